The standard InChI is InChI=1S/C12H15N5O3/c1-12(20)7(2-6(3-18)9(12)19)17-5-16-8-10(13)14-4-15-11(8)17/h2,4-5,7,9,18-20H,3H2,1H3,(H2,13,14,15)/t7-,9-,12+/m1/s1. The van der Waals surface area contributed by atoms with Gasteiger partial charge in [-0.1, -0.05) is 6.08 Å². The molecule has 0 amide bonds. The van der Waals surface area contributed by atoms with Gasteiger partial charge in [0.15, 0.2) is 11.5 Å². The van der Waals surface area contributed by atoms with Crippen molar-refractivity contribution in [1.82, 2.24) is 19.5 Å². The molecular formula is C12H15N5O3. The molecule has 2 aromatic rings. The molecule has 5 N–H and O–H groups in total. The molecule has 0 spiro atoms. The normalized spacial score (nSPS) is 29.9. The summed E-state index contributed by atoms with van der Waals surface area (Å²) < 4.78 is 1.61. The first-order valence-corrected chi connectivity index (χ1v) is 6.11. The summed E-state index contributed by atoms with van der Waals surface area (Å²) in [6, 6.07) is -0.598. The smallest absolute Gasteiger partial charge is 0.166 e. The van der Waals surface area contributed by atoms with Crippen LogP contribution >= 0.6 is 0 Å². The molecule has 8 nitrogen and oxygen atoms in total. The highest BCUT2D eigenvalue weighted by molar-refractivity contribution is 5.81. The average molecular weight is 277 g/mol. The van der Waals surface area contributed by atoms with Crippen LogP contribution in [0.5, 0.6) is 0 Å². The van der Waals surface area contributed by atoms with E-state index in [-0.39, 0.29) is 12.4 Å². The van der Waals surface area contributed by atoms with Gasteiger partial charge in [0.2, 0.25) is 0 Å². The number of rotatable bonds is 2. The molecule has 0 saturated carbocycles. The minimum atomic E-state index is -1.47. The zero-order chi connectivity index (χ0) is 14.5. The predicted molar refractivity (Wildman–Crippen MR) is 70.6 cm³/mol. The summed E-state index contributed by atoms with van der Waals surface area (Å²) in [6.45, 7) is 1.18. The molecule has 20 heavy (non-hydrogen) atoms. The van der Waals surface area contributed by atoms with E-state index in [1.54, 1.807) is 10.6 Å². The lowest BCUT2D eigenvalue weighted by Gasteiger charge is -2.30. The molecule has 2 heterocycles. The summed E-state index contributed by atoms with van der Waals surface area (Å²) in [5, 5.41) is 29.8. The van der Waals surface area contributed by atoms with Gasteiger partial charge in [-0.25, -0.2) is 15.0 Å². The zero-order valence-electron chi connectivity index (χ0n) is 10.8. The Labute approximate surface area is 114 Å². The van der Waals surface area contributed by atoms with Crippen LogP contribution < -0.4 is 5.73 Å². The fraction of sp³-hybridized carbons (Fsp3) is 0.417. The number of nitrogens with zero attached hydrogens (tertiary/aromatic N) is 4. The predicted octanol–water partition coefficient (Wildman–Crippen LogP) is -1.01. The fourth-order valence-electron chi connectivity index (χ4n) is 2.57. The molecule has 0 radical (unpaired) electrons. The van der Waals surface area contributed by atoms with E-state index in [0.717, 1.165) is 0 Å². The first-order chi connectivity index (χ1) is 9.46. The van der Waals surface area contributed by atoms with Crippen molar-refractivity contribution in [1.29, 1.82) is 0 Å². The minimum absolute atomic E-state index is 0.248. The highest BCUT2D eigenvalue weighted by Crippen LogP contribution is 2.39. The Morgan fingerprint density at radius 2 is 2.15 bits per heavy atom. The van der Waals surface area contributed by atoms with Crippen molar-refractivity contribution in [2.24, 2.45) is 0 Å². The van der Waals surface area contributed by atoms with Crippen LogP contribution in [0.15, 0.2) is 24.3 Å². The third-order valence-electron chi connectivity index (χ3n) is 3.74. The number of imidazole rings is 1. The van der Waals surface area contributed by atoms with Crippen LogP contribution in [0.1, 0.15) is 13.0 Å². The van der Waals surface area contributed by atoms with Gasteiger partial charge in [-0.05, 0) is 12.5 Å². The van der Waals surface area contributed by atoms with Gasteiger partial charge < -0.3 is 25.6 Å². The molecule has 3 atom stereocenters. The van der Waals surface area contributed by atoms with Crippen molar-refractivity contribution >= 4 is 17.0 Å². The van der Waals surface area contributed by atoms with Crippen LogP contribution in [0.25, 0.3) is 11.2 Å². The van der Waals surface area contributed by atoms with Crippen molar-refractivity contribution in [3.8, 4) is 0 Å². The molecule has 1 aliphatic carbocycles. The van der Waals surface area contributed by atoms with Crippen molar-refractivity contribution in [3.05, 3.63) is 24.3 Å². The van der Waals surface area contributed by atoms with E-state index in [1.165, 1.54) is 19.6 Å². The molecule has 3 rings (SSSR count). The van der Waals surface area contributed by atoms with Crippen LogP contribution in [-0.2, 0) is 0 Å². The highest BCUT2D eigenvalue weighted by atomic mass is 16.3. The van der Waals surface area contributed by atoms with E-state index >= 15 is 0 Å². The zero-order valence-corrected chi connectivity index (χ0v) is 10.8. The number of hydrogen-bond donors (Lipinski definition) is 4. The molecule has 0 fully saturated rings. The number of aromatic nitrogens is 4. The second-order valence-corrected chi connectivity index (χ2v) is 5.06. The topological polar surface area (TPSA) is 130 Å². The summed E-state index contributed by atoms with van der Waals surface area (Å²) in [7, 11) is 0. The molecule has 0 saturated heterocycles. The van der Waals surface area contributed by atoms with Crippen LogP contribution in [-0.4, -0.2) is 53.2 Å². The largest absolute Gasteiger partial charge is 0.392 e. The van der Waals surface area contributed by atoms with Crippen molar-refractivity contribution in [3.63, 3.8) is 0 Å². The average Bonchev–Trinajstić information content (AvgIpc) is 2.92. The van der Waals surface area contributed by atoms with Gasteiger partial charge in [0.05, 0.1) is 19.0 Å². The number of fused-ring (bicyclic) bond motifs is 1. The number of nitrogen functional groups attached to an aromatic ring is 1. The Bertz CT molecular complexity index is 693. The summed E-state index contributed by atoms with van der Waals surface area (Å²) in [4.78, 5) is 12.1. The molecule has 0 unspecified atom stereocenters. The Balaban J connectivity index is 2.16. The quantitative estimate of drug-likeness (QED) is 0.517. The highest BCUT2D eigenvalue weighted by Gasteiger charge is 2.46. The number of hydrogen-bond acceptors (Lipinski definition) is 7. The first-order valence-electron chi connectivity index (χ1n) is 6.11. The van der Waals surface area contributed by atoms with Crippen LogP contribution in [0.3, 0.4) is 0 Å². The van der Waals surface area contributed by atoms with E-state index in [1.807, 2.05) is 0 Å². The maximum Gasteiger partial charge on any atom is 0.166 e. The van der Waals surface area contributed by atoms with E-state index < -0.39 is 17.7 Å². The second kappa shape index (κ2) is 4.23. The molecule has 8 heteroatoms. The molecule has 1 aliphatic rings. The van der Waals surface area contributed by atoms with E-state index in [0.29, 0.717) is 16.7 Å². The maximum absolute atomic E-state index is 10.5. The molecule has 106 valence electrons. The molecule has 0 bridgehead atoms. The fourth-order valence-corrected chi connectivity index (χ4v) is 2.57. The lowest BCUT2D eigenvalue weighted by atomic mass is 9.95. The van der Waals surface area contributed by atoms with Gasteiger partial charge in [0, 0.05) is 0 Å². The molecular weight excluding hydrogens is 262 g/mol. The summed E-state index contributed by atoms with van der Waals surface area (Å²) in [5.41, 5.74) is 5.52. The lowest BCUT2D eigenvalue weighted by molar-refractivity contribution is -0.0567. The molecule has 0 aromatic carbocycles. The molecule has 2 aromatic heterocycles. The Hall–Kier alpha value is -2.03. The maximum atomic E-state index is 10.5. The Morgan fingerprint density at radius 1 is 1.40 bits per heavy atom. The molecule has 0 aliphatic heterocycles. The van der Waals surface area contributed by atoms with Crippen molar-refractivity contribution in [2.45, 2.75) is 24.7 Å². The van der Waals surface area contributed by atoms with Gasteiger partial charge in [0.25, 0.3) is 0 Å². The number of aliphatic hydroxyl groups excluding tert-OH is 2. The van der Waals surface area contributed by atoms with E-state index in [4.69, 9.17) is 5.73 Å². The van der Waals surface area contributed by atoms with Gasteiger partial charge in [-0.3, -0.25) is 0 Å². The third-order valence-corrected chi connectivity index (χ3v) is 3.74. The third kappa shape index (κ3) is 1.62. The summed E-state index contributed by atoms with van der Waals surface area (Å²) >= 11 is 0. The lowest BCUT2D eigenvalue weighted by Crippen LogP contribution is -2.43. The van der Waals surface area contributed by atoms with Gasteiger partial charge in [0.1, 0.15) is 23.5 Å². The number of anilines is 1. The summed E-state index contributed by atoms with van der Waals surface area (Å²) in [6.07, 6.45) is 3.27. The summed E-state index contributed by atoms with van der Waals surface area (Å²) in [5.74, 6) is 0.248. The van der Waals surface area contributed by atoms with Crippen molar-refractivity contribution < 1.29 is 15.3 Å². The number of nitrogens with two attached hydrogens (primary N) is 1. The Kier molecular flexibility index (Phi) is 2.75. The van der Waals surface area contributed by atoms with Crippen LogP contribution in [0.2, 0.25) is 0 Å². The van der Waals surface area contributed by atoms with E-state index in [2.05, 4.69) is 15.0 Å². The SMILES string of the molecule is C[C@@]1(O)[C@H](O)C(CO)=C[C@H]1n1cnc2c(N)ncnc21. The van der Waals surface area contributed by atoms with Gasteiger partial charge in [-0.15, -0.1) is 0 Å². The number of aliphatic hydroxyl groups is 3. The minimum Gasteiger partial charge on any atom is -0.392 e. The van der Waals surface area contributed by atoms with Crippen LogP contribution in [0, 0.1) is 0 Å². The van der Waals surface area contributed by atoms with Gasteiger partial charge in [-0.2, -0.15) is 0 Å². The second-order valence-electron chi connectivity index (χ2n) is 5.06. The van der Waals surface area contributed by atoms with Gasteiger partial charge >= 0.3 is 0 Å². The van der Waals surface area contributed by atoms with E-state index in [9.17, 15) is 15.3 Å². The van der Waals surface area contributed by atoms with Crippen LogP contribution in [0.4, 0.5) is 5.82 Å². The Morgan fingerprint density at radius 3 is 2.80 bits per heavy atom. The van der Waals surface area contributed by atoms with Crippen molar-refractivity contribution in [2.75, 3.05) is 12.3 Å². The first kappa shape index (κ1) is 13.0. The monoisotopic (exact) mass is 277 g/mol.